The summed E-state index contributed by atoms with van der Waals surface area (Å²) in [7, 11) is 0. The monoisotopic (exact) mass is 1930 g/mol. The molecule has 0 unspecified atom stereocenters. The molecule has 13 rings (SSSR count). The van der Waals surface area contributed by atoms with Gasteiger partial charge in [0, 0.05) is 120 Å². The predicted octanol–water partition coefficient (Wildman–Crippen LogP) is 24.6. The van der Waals surface area contributed by atoms with E-state index in [0.717, 1.165) is 157 Å². The van der Waals surface area contributed by atoms with Crippen LogP contribution < -0.4 is 10.6 Å². The molecule has 142 heavy (non-hydrogen) atoms. The third-order valence-corrected chi connectivity index (χ3v) is 25.6. The fraction of sp³-hybridized carbons (Fsp3) is 0.421. The summed E-state index contributed by atoms with van der Waals surface area (Å²) in [6.45, 7) is 30.0. The van der Waals surface area contributed by atoms with Gasteiger partial charge in [0.15, 0.2) is 0 Å². The van der Waals surface area contributed by atoms with Crippen molar-refractivity contribution in [3.8, 4) is 34.5 Å². The summed E-state index contributed by atoms with van der Waals surface area (Å²) in [6.07, 6.45) is 58.4. The number of hydrogen-bond donors (Lipinski definition) is 8. The normalized spacial score (nSPS) is 14.1. The van der Waals surface area contributed by atoms with Crippen LogP contribution in [0.15, 0.2) is 206 Å². The molecule has 5 heterocycles. The molecule has 0 radical (unpaired) electrons. The van der Waals surface area contributed by atoms with Crippen molar-refractivity contribution in [3.63, 3.8) is 0 Å². The molecule has 0 aromatic heterocycles. The lowest BCUT2D eigenvalue weighted by Gasteiger charge is -2.30. The Labute approximate surface area is 846 Å². The minimum absolute atomic E-state index is 0.0771. The molecule has 0 aliphatic carbocycles. The second kappa shape index (κ2) is 65.7. The smallest absolute Gasteiger partial charge is 0.253 e. The Morgan fingerprint density at radius 1 is 0.296 bits per heavy atom. The zero-order chi connectivity index (χ0) is 103. The summed E-state index contributed by atoms with van der Waals surface area (Å²) in [6, 6.07) is 48.1. The number of rotatable bonds is 36. The number of amides is 8. The zero-order valence-electron chi connectivity index (χ0n) is 86.0. The van der Waals surface area contributed by atoms with Crippen molar-refractivity contribution in [1.82, 2.24) is 35.1 Å². The van der Waals surface area contributed by atoms with Crippen LogP contribution in [-0.2, 0) is 51.2 Å². The summed E-state index contributed by atoms with van der Waals surface area (Å²) in [5.74, 6) is 0.770. The number of imide groups is 2. The molecular weight excluding hydrogens is 1780 g/mol. The van der Waals surface area contributed by atoms with Gasteiger partial charge in [0.05, 0.1) is 0 Å². The number of carbonyl (C=O) groups excluding carboxylic acids is 8. The maximum Gasteiger partial charge on any atom is 0.253 e. The van der Waals surface area contributed by atoms with Gasteiger partial charge in [0.2, 0.25) is 35.4 Å². The largest absolute Gasteiger partial charge is 0.508 e. The number of piperidine rings is 3. The highest BCUT2D eigenvalue weighted by atomic mass is 16.3. The maximum atomic E-state index is 11.9. The van der Waals surface area contributed by atoms with Crippen molar-refractivity contribution < 1.29 is 69.0 Å². The van der Waals surface area contributed by atoms with E-state index >= 15 is 0 Å². The van der Waals surface area contributed by atoms with Gasteiger partial charge in [-0.3, -0.25) is 48.2 Å². The lowest BCUT2D eigenvalue weighted by Crippen LogP contribution is -2.39. The van der Waals surface area contributed by atoms with E-state index in [2.05, 4.69) is 91.4 Å². The molecular formula is C121H159N7O14. The van der Waals surface area contributed by atoms with E-state index < -0.39 is 0 Å². The topological polar surface area (TPSA) is 298 Å². The number of aryl methyl sites for hydroxylation is 9. The van der Waals surface area contributed by atoms with E-state index in [1.807, 2.05) is 73.9 Å². The second-order valence-electron chi connectivity index (χ2n) is 37.7. The molecule has 5 aliphatic heterocycles. The van der Waals surface area contributed by atoms with Crippen LogP contribution in [0, 0.1) is 55.4 Å². The van der Waals surface area contributed by atoms with Gasteiger partial charge < -0.3 is 56.0 Å². The molecule has 5 saturated heterocycles. The maximum absolute atomic E-state index is 11.9. The Kier molecular flexibility index (Phi) is 53.5. The summed E-state index contributed by atoms with van der Waals surface area (Å²) >= 11 is 0. The SMILES string of the molecule is C=C(CCCCCCCCCCCCCCCCC)N1CCCCC1.Cc1cc(/C=C/C(=O)N2CCCC2)ccc1O.Cc1cc(/C=C/C(=O)N2CCCC2=O)ccc1O.Cc1cc(/C=C/C(=O)N2CCCCC2)ccc1O.Cc1cc(/C=C/C(=O)N2CCCCC2=O)ccc1O.Cc1ccc(CCCNC(=O)/C=C/c2ccc(O)c(C)c2)cc1.Cc1ccc(CCNC(=O)/C=C/c2ccc(O)c(C)c2)cc1. The van der Waals surface area contributed by atoms with Crippen LogP contribution in [0.25, 0.3) is 36.5 Å². The zero-order valence-corrected chi connectivity index (χ0v) is 86.0. The third kappa shape index (κ3) is 46.0. The minimum Gasteiger partial charge on any atom is -0.508 e. The van der Waals surface area contributed by atoms with Gasteiger partial charge in [-0.15, -0.1) is 0 Å². The molecule has 5 fully saturated rings. The Bertz CT molecular complexity index is 5470. The molecule has 8 aromatic rings. The number of carbonyl (C=O) groups is 8. The molecule has 0 atom stereocenters. The lowest BCUT2D eigenvalue weighted by molar-refractivity contribution is -0.144. The number of allylic oxidation sites excluding steroid dienone is 1. The minimum atomic E-state index is -0.275. The van der Waals surface area contributed by atoms with E-state index in [4.69, 9.17) is 0 Å². The van der Waals surface area contributed by atoms with Crippen molar-refractivity contribution >= 4 is 83.7 Å². The summed E-state index contributed by atoms with van der Waals surface area (Å²) in [5.41, 5.74) is 16.5. The van der Waals surface area contributed by atoms with Crippen molar-refractivity contribution in [2.45, 2.75) is 268 Å². The van der Waals surface area contributed by atoms with E-state index in [1.165, 1.54) is 204 Å². The summed E-state index contributed by atoms with van der Waals surface area (Å²) < 4.78 is 0. The Balaban J connectivity index is 0.000000226. The Morgan fingerprint density at radius 2 is 0.570 bits per heavy atom. The highest BCUT2D eigenvalue weighted by Crippen LogP contribution is 2.27. The third-order valence-electron chi connectivity index (χ3n) is 25.6. The summed E-state index contributed by atoms with van der Waals surface area (Å²) in [4.78, 5) is 103. The Hall–Kier alpha value is -13.3. The van der Waals surface area contributed by atoms with Gasteiger partial charge in [0.1, 0.15) is 34.5 Å². The quantitative estimate of drug-likeness (QED) is 0.0134. The van der Waals surface area contributed by atoms with Gasteiger partial charge >= 0.3 is 0 Å². The molecule has 0 saturated carbocycles. The first kappa shape index (κ1) is 116. The average Bonchev–Trinajstić information content (AvgIpc) is 1.67. The van der Waals surface area contributed by atoms with Crippen LogP contribution >= 0.6 is 0 Å². The fourth-order valence-electron chi connectivity index (χ4n) is 16.6. The van der Waals surface area contributed by atoms with Crippen LogP contribution in [-0.4, -0.2) is 168 Å². The van der Waals surface area contributed by atoms with Crippen LogP contribution in [0.1, 0.15) is 289 Å². The first-order chi connectivity index (χ1) is 68.4. The van der Waals surface area contributed by atoms with Gasteiger partial charge in [-0.25, -0.2) is 0 Å². The van der Waals surface area contributed by atoms with Crippen molar-refractivity contribution in [1.29, 1.82) is 0 Å². The number of aromatic hydroxyl groups is 6. The number of phenolic OH excluding ortho intramolecular Hbond substituents is 6. The second-order valence-corrected chi connectivity index (χ2v) is 37.7. The van der Waals surface area contributed by atoms with E-state index in [-0.39, 0.29) is 81.8 Å². The van der Waals surface area contributed by atoms with Crippen LogP contribution in [0.3, 0.4) is 0 Å². The fourth-order valence-corrected chi connectivity index (χ4v) is 16.6. The molecule has 8 N–H and O–H groups in total. The number of hydrogen-bond acceptors (Lipinski definition) is 15. The number of nitrogens with zero attached hydrogens (tertiary/aromatic N) is 5. The predicted molar refractivity (Wildman–Crippen MR) is 579 cm³/mol. The van der Waals surface area contributed by atoms with E-state index in [0.29, 0.717) is 39.0 Å². The standard InChI is InChI=1S/C24H47N.C20H23NO2.C19H21NO2.C15H17NO3.C15H19NO2.C14H15NO3.C14H17NO2/c1-3-4-5-6-7-8-9-10-11-12-13-14-15-16-18-21-24(2)25-22-19-17-20-23-25;1-15-5-7-17(8-6-15)4-3-13-21-20(23)12-10-18-9-11-19(22)16(2)14-18;1-14-3-5-16(6-4-14)11-12-20-19(22)10-8-17-7-9-18(21)15(2)13-17;1-11-10-12(5-7-13(11)17)6-8-15(19)16-9-3-2-4-14(16)18;1-12-11-13(5-7-14(12)17)6-8-15(18)16-9-3-2-4-10-16;1-10-9-11(4-6-12(10)16)5-7-14(18)15-8-2-3-13(15)17;1-11-10-12(4-6-13(11)16)5-7-14(17)15-8-2-3-9-15/h2-23H2,1H3;5-12,14,22H,3-4,13H2,1-2H3,(H,21,23);3-10,13,21H,11-12H2,1-2H3,(H,20,22);5-8,10,17H,2-4,9H2,1H3;5-8,11,17H,2-4,9-10H2,1H3;4-7,9,16H,2-3,8H2,1H3;4-7,10,16H,2-3,8-9H2,1H3/b;12-10+;10-8+;2*8-6+;2*7-5+. The first-order valence-corrected chi connectivity index (χ1v) is 51.6. The molecule has 0 bridgehead atoms. The number of nitrogens with one attached hydrogen (secondary N) is 2. The Morgan fingerprint density at radius 3 is 0.887 bits per heavy atom. The molecule has 21 heteroatoms. The van der Waals surface area contributed by atoms with Gasteiger partial charge in [-0.1, -0.05) is 199 Å². The van der Waals surface area contributed by atoms with Gasteiger partial charge in [0.25, 0.3) is 11.8 Å². The molecule has 0 spiro atoms. The van der Waals surface area contributed by atoms with Crippen LogP contribution in [0.2, 0.25) is 0 Å². The van der Waals surface area contributed by atoms with Crippen LogP contribution in [0.5, 0.6) is 34.5 Å². The van der Waals surface area contributed by atoms with Crippen LogP contribution in [0.4, 0.5) is 0 Å². The molecule has 8 amide bonds. The van der Waals surface area contributed by atoms with E-state index in [1.54, 1.807) is 135 Å². The molecule has 21 nitrogen and oxygen atoms in total. The molecule has 8 aromatic carbocycles. The van der Waals surface area contributed by atoms with Gasteiger partial charge in [-0.2, -0.15) is 0 Å². The number of likely N-dealkylation sites (tertiary alicyclic amines) is 5. The number of phenols is 6. The molecule has 5 aliphatic rings. The van der Waals surface area contributed by atoms with Gasteiger partial charge in [-0.05, 0) is 345 Å². The number of benzene rings is 8. The first-order valence-electron chi connectivity index (χ1n) is 51.6. The van der Waals surface area contributed by atoms with E-state index in [9.17, 15) is 69.0 Å². The van der Waals surface area contributed by atoms with Crippen molar-refractivity contribution in [2.24, 2.45) is 0 Å². The lowest BCUT2D eigenvalue weighted by atomic mass is 10.0. The van der Waals surface area contributed by atoms with Crippen molar-refractivity contribution in [3.05, 3.63) is 295 Å². The number of unbranched alkanes of at least 4 members (excludes halogenated alkanes) is 14. The van der Waals surface area contributed by atoms with Crippen molar-refractivity contribution in [2.75, 3.05) is 65.4 Å². The molecule has 762 valence electrons. The summed E-state index contributed by atoms with van der Waals surface area (Å²) in [5, 5.41) is 62.3. The highest BCUT2D eigenvalue weighted by Gasteiger charge is 2.26. The average molecular weight is 1940 g/mol. The highest BCUT2D eigenvalue weighted by molar-refractivity contribution is 6.04.